The van der Waals surface area contributed by atoms with Crippen LogP contribution in [0.25, 0.3) is 0 Å². The van der Waals surface area contributed by atoms with Gasteiger partial charge in [0.15, 0.2) is 0 Å². The van der Waals surface area contributed by atoms with Crippen LogP contribution < -0.4 is 14.4 Å². The molecule has 2 aromatic carbocycles. The zero-order valence-electron chi connectivity index (χ0n) is 17.2. The van der Waals surface area contributed by atoms with Crippen molar-refractivity contribution in [2.45, 2.75) is 17.7 Å². The topological polar surface area (TPSA) is 76.2 Å². The van der Waals surface area contributed by atoms with Gasteiger partial charge in [-0.25, -0.2) is 8.42 Å². The molecule has 1 heterocycles. The van der Waals surface area contributed by atoms with Gasteiger partial charge in [-0.05, 0) is 55.3 Å². The fourth-order valence-electron chi connectivity index (χ4n) is 3.53. The summed E-state index contributed by atoms with van der Waals surface area (Å²) in [5, 5.41) is 0.224. The Morgan fingerprint density at radius 2 is 1.83 bits per heavy atom. The van der Waals surface area contributed by atoms with E-state index in [9.17, 15) is 13.2 Å². The van der Waals surface area contributed by atoms with Crippen LogP contribution in [0.4, 0.5) is 5.69 Å². The summed E-state index contributed by atoms with van der Waals surface area (Å²) in [6, 6.07) is 11.5. The van der Waals surface area contributed by atoms with Crippen molar-refractivity contribution >= 4 is 33.2 Å². The average molecular weight is 453 g/mol. The van der Waals surface area contributed by atoms with Gasteiger partial charge in [0.1, 0.15) is 11.5 Å². The molecule has 1 unspecified atom stereocenters. The number of sulfonamides is 1. The molecule has 2 aromatic rings. The lowest BCUT2D eigenvalue weighted by atomic mass is 9.98. The molecule has 1 saturated heterocycles. The summed E-state index contributed by atoms with van der Waals surface area (Å²) in [6.07, 6.45) is 1.24. The van der Waals surface area contributed by atoms with Gasteiger partial charge in [-0.3, -0.25) is 4.79 Å². The molecule has 30 heavy (non-hydrogen) atoms. The van der Waals surface area contributed by atoms with Crippen LogP contribution in [-0.2, 0) is 14.8 Å². The molecule has 1 aliphatic rings. The van der Waals surface area contributed by atoms with Gasteiger partial charge in [0.25, 0.3) is 0 Å². The number of anilines is 1. The van der Waals surface area contributed by atoms with Crippen LogP contribution in [0.1, 0.15) is 12.8 Å². The molecular weight excluding hydrogens is 428 g/mol. The van der Waals surface area contributed by atoms with Crippen molar-refractivity contribution in [3.8, 4) is 11.5 Å². The number of piperidine rings is 1. The van der Waals surface area contributed by atoms with E-state index in [4.69, 9.17) is 21.1 Å². The van der Waals surface area contributed by atoms with Gasteiger partial charge in [0, 0.05) is 25.8 Å². The fraction of sp³-hybridized carbons (Fsp3) is 0.381. The third-order valence-electron chi connectivity index (χ3n) is 5.28. The summed E-state index contributed by atoms with van der Waals surface area (Å²) >= 11 is 6.11. The minimum Gasteiger partial charge on any atom is -0.497 e. The number of carbonyl (C=O) groups excluding carboxylic acids is 1. The number of ether oxygens (including phenoxy) is 2. The molecule has 7 nitrogen and oxygen atoms in total. The Morgan fingerprint density at radius 3 is 2.43 bits per heavy atom. The molecule has 3 rings (SSSR count). The van der Waals surface area contributed by atoms with Crippen molar-refractivity contribution in [1.29, 1.82) is 0 Å². The molecule has 9 heteroatoms. The Hall–Kier alpha value is -2.29. The number of methoxy groups -OCH3 is 2. The van der Waals surface area contributed by atoms with Gasteiger partial charge >= 0.3 is 0 Å². The summed E-state index contributed by atoms with van der Waals surface area (Å²) < 4.78 is 37.8. The number of hydrogen-bond donors (Lipinski definition) is 0. The lowest BCUT2D eigenvalue weighted by molar-refractivity contribution is -0.123. The first-order chi connectivity index (χ1) is 14.3. The van der Waals surface area contributed by atoms with Crippen LogP contribution in [0.5, 0.6) is 11.5 Å². The highest BCUT2D eigenvalue weighted by molar-refractivity contribution is 7.89. The minimum absolute atomic E-state index is 0.0879. The molecule has 162 valence electrons. The molecule has 0 spiro atoms. The van der Waals surface area contributed by atoms with Crippen LogP contribution in [0.2, 0.25) is 5.02 Å². The number of carbonyl (C=O) groups is 1. The van der Waals surface area contributed by atoms with Crippen molar-refractivity contribution in [3.63, 3.8) is 0 Å². The van der Waals surface area contributed by atoms with Crippen molar-refractivity contribution in [2.24, 2.45) is 5.92 Å². The molecule has 0 radical (unpaired) electrons. The van der Waals surface area contributed by atoms with Crippen LogP contribution in [0, 0.1) is 5.92 Å². The highest BCUT2D eigenvalue weighted by Crippen LogP contribution is 2.31. The maximum absolute atomic E-state index is 13.1. The van der Waals surface area contributed by atoms with Crippen LogP contribution in [0.15, 0.2) is 47.4 Å². The lowest BCUT2D eigenvalue weighted by Crippen LogP contribution is -2.45. The number of benzene rings is 2. The van der Waals surface area contributed by atoms with Crippen molar-refractivity contribution in [3.05, 3.63) is 47.5 Å². The average Bonchev–Trinajstić information content (AvgIpc) is 2.78. The van der Waals surface area contributed by atoms with E-state index in [1.54, 1.807) is 43.3 Å². The second-order valence-corrected chi connectivity index (χ2v) is 9.44. The third-order valence-corrected chi connectivity index (χ3v) is 7.44. The predicted octanol–water partition coefficient (Wildman–Crippen LogP) is 3.42. The van der Waals surface area contributed by atoms with Gasteiger partial charge in [-0.1, -0.05) is 11.6 Å². The first kappa shape index (κ1) is 22.4. The molecule has 0 bridgehead atoms. The zero-order chi connectivity index (χ0) is 21.9. The Morgan fingerprint density at radius 1 is 1.13 bits per heavy atom. The summed E-state index contributed by atoms with van der Waals surface area (Å²) in [5.41, 5.74) is 0.725. The Balaban J connectivity index is 1.76. The van der Waals surface area contributed by atoms with Crippen LogP contribution in [0.3, 0.4) is 0 Å². The first-order valence-corrected chi connectivity index (χ1v) is 11.3. The van der Waals surface area contributed by atoms with E-state index < -0.39 is 15.9 Å². The van der Waals surface area contributed by atoms with E-state index >= 15 is 0 Å². The number of rotatable bonds is 6. The van der Waals surface area contributed by atoms with E-state index in [0.29, 0.717) is 30.9 Å². The predicted molar refractivity (Wildman–Crippen MR) is 116 cm³/mol. The maximum Gasteiger partial charge on any atom is 0.243 e. The minimum atomic E-state index is -3.77. The smallest absolute Gasteiger partial charge is 0.243 e. The Bertz CT molecular complexity index is 1010. The highest BCUT2D eigenvalue weighted by atomic mass is 35.5. The standard InChI is InChI=1S/C21H25ClN2O5S/c1-23(16-6-8-17(28-2)9-7-16)21(25)15-5-4-12-24(14-15)30(26,27)18-10-11-20(29-3)19(22)13-18/h6-11,13,15H,4-5,12,14H2,1-3H3. The van der Waals surface area contributed by atoms with Gasteiger partial charge in [0.05, 0.1) is 30.1 Å². The first-order valence-electron chi connectivity index (χ1n) is 9.53. The number of hydrogen-bond acceptors (Lipinski definition) is 5. The SMILES string of the molecule is COc1ccc(N(C)C(=O)C2CCCN(S(=O)(=O)c3ccc(OC)c(Cl)c3)C2)cc1. The van der Waals surface area contributed by atoms with E-state index in [1.807, 2.05) is 0 Å². The van der Waals surface area contributed by atoms with Gasteiger partial charge < -0.3 is 14.4 Å². The second-order valence-electron chi connectivity index (χ2n) is 7.09. The van der Waals surface area contributed by atoms with Gasteiger partial charge in [-0.2, -0.15) is 4.31 Å². The van der Waals surface area contributed by atoms with Gasteiger partial charge in [0.2, 0.25) is 15.9 Å². The summed E-state index contributed by atoms with van der Waals surface area (Å²) in [6.45, 7) is 0.493. The molecule has 1 atom stereocenters. The zero-order valence-corrected chi connectivity index (χ0v) is 18.7. The number of amides is 1. The lowest BCUT2D eigenvalue weighted by Gasteiger charge is -2.33. The summed E-state index contributed by atoms with van der Waals surface area (Å²) in [5.74, 6) is 0.568. The Labute approximate surface area is 182 Å². The molecular formula is C21H25ClN2O5S. The van der Waals surface area contributed by atoms with Crippen molar-refractivity contribution < 1.29 is 22.7 Å². The van der Waals surface area contributed by atoms with E-state index in [-0.39, 0.29) is 22.4 Å². The molecule has 0 aliphatic carbocycles. The third kappa shape index (κ3) is 4.55. The monoisotopic (exact) mass is 452 g/mol. The largest absolute Gasteiger partial charge is 0.497 e. The molecule has 0 saturated carbocycles. The number of halogens is 1. The van der Waals surface area contributed by atoms with E-state index in [1.165, 1.54) is 29.6 Å². The quantitative estimate of drug-likeness (QED) is 0.671. The number of nitrogens with zero attached hydrogens (tertiary/aromatic N) is 2. The molecule has 1 aliphatic heterocycles. The Kier molecular flexibility index (Phi) is 6.90. The molecule has 0 N–H and O–H groups in total. The normalized spacial score (nSPS) is 17.4. The molecule has 0 aromatic heterocycles. The van der Waals surface area contributed by atoms with Crippen molar-refractivity contribution in [2.75, 3.05) is 39.3 Å². The van der Waals surface area contributed by atoms with Crippen molar-refractivity contribution in [1.82, 2.24) is 4.31 Å². The highest BCUT2D eigenvalue weighted by Gasteiger charge is 2.35. The molecule has 1 fully saturated rings. The summed E-state index contributed by atoms with van der Waals surface area (Å²) in [4.78, 5) is 14.7. The summed E-state index contributed by atoms with van der Waals surface area (Å²) in [7, 11) is 0.974. The van der Waals surface area contributed by atoms with Crippen LogP contribution in [-0.4, -0.2) is 53.0 Å². The van der Waals surface area contributed by atoms with E-state index in [0.717, 1.165) is 5.69 Å². The van der Waals surface area contributed by atoms with Crippen LogP contribution >= 0.6 is 11.6 Å². The second kappa shape index (κ2) is 9.24. The fourth-order valence-corrected chi connectivity index (χ4v) is 5.40. The van der Waals surface area contributed by atoms with E-state index in [2.05, 4.69) is 0 Å². The maximum atomic E-state index is 13.1. The van der Waals surface area contributed by atoms with Gasteiger partial charge in [-0.15, -0.1) is 0 Å². The molecule has 1 amide bonds.